The molecule has 20 heavy (non-hydrogen) atoms. The van der Waals surface area contributed by atoms with E-state index in [1.54, 1.807) is 0 Å². The number of carboxylic acids is 1. The summed E-state index contributed by atoms with van der Waals surface area (Å²) in [7, 11) is 0. The van der Waals surface area contributed by atoms with E-state index in [1.165, 1.54) is 0 Å². The van der Waals surface area contributed by atoms with Crippen LogP contribution in [0, 0.1) is 0 Å². The Kier molecular flexibility index (Phi) is 4.70. The lowest BCUT2D eigenvalue weighted by molar-refractivity contribution is -0.137. The van der Waals surface area contributed by atoms with Gasteiger partial charge in [-0.05, 0) is 37.6 Å². The molecule has 0 bridgehead atoms. The number of aromatic nitrogens is 2. The molecule has 0 atom stereocenters. The lowest BCUT2D eigenvalue weighted by Crippen LogP contribution is -1.96. The van der Waals surface area contributed by atoms with Crippen LogP contribution in [0.5, 0.6) is 5.75 Å². The second-order valence-corrected chi connectivity index (χ2v) is 4.22. The number of hydrogen-bond donors (Lipinski definition) is 1. The van der Waals surface area contributed by atoms with Gasteiger partial charge in [0.25, 0.3) is 0 Å². The third kappa shape index (κ3) is 3.81. The average Bonchev–Trinajstić information content (AvgIpc) is 2.88. The summed E-state index contributed by atoms with van der Waals surface area (Å²) >= 11 is 0. The maximum atomic E-state index is 10.4. The van der Waals surface area contributed by atoms with Crippen LogP contribution in [0.15, 0.2) is 28.8 Å². The molecule has 2 rings (SSSR count). The Balaban J connectivity index is 1.98. The molecule has 6 heteroatoms. The first-order chi connectivity index (χ1) is 9.69. The van der Waals surface area contributed by atoms with Crippen molar-refractivity contribution in [2.45, 2.75) is 26.2 Å². The fourth-order valence-electron chi connectivity index (χ4n) is 1.73. The molecule has 0 spiro atoms. The standard InChI is InChI=1S/C14H16N2O4/c1-2-19-11-8-6-10(7-9-11)14-15-12(20-16-14)4-3-5-13(17)18/h6-9H,2-5H2,1H3,(H,17,18). The predicted octanol–water partition coefficient (Wildman–Crippen LogP) is 2.54. The van der Waals surface area contributed by atoms with Crippen LogP contribution in [-0.2, 0) is 11.2 Å². The summed E-state index contributed by atoms with van der Waals surface area (Å²) in [6.07, 6.45) is 1.05. The maximum Gasteiger partial charge on any atom is 0.303 e. The van der Waals surface area contributed by atoms with Crippen LogP contribution in [0.3, 0.4) is 0 Å². The number of carbonyl (C=O) groups is 1. The molecule has 6 nitrogen and oxygen atoms in total. The minimum Gasteiger partial charge on any atom is -0.494 e. The molecule has 2 aromatic rings. The van der Waals surface area contributed by atoms with E-state index in [9.17, 15) is 4.79 Å². The predicted molar refractivity (Wildman–Crippen MR) is 71.5 cm³/mol. The third-order valence-corrected chi connectivity index (χ3v) is 2.67. The summed E-state index contributed by atoms with van der Waals surface area (Å²) in [5.41, 5.74) is 0.835. The molecule has 1 N–H and O–H groups in total. The van der Waals surface area contributed by atoms with Gasteiger partial charge in [0.05, 0.1) is 6.61 Å². The van der Waals surface area contributed by atoms with Crippen molar-refractivity contribution in [3.05, 3.63) is 30.2 Å². The number of aliphatic carboxylic acids is 1. The minimum absolute atomic E-state index is 0.0980. The van der Waals surface area contributed by atoms with Crippen molar-refractivity contribution in [1.29, 1.82) is 0 Å². The minimum atomic E-state index is -0.823. The molecule has 0 unspecified atom stereocenters. The molecule has 1 heterocycles. The van der Waals surface area contributed by atoms with E-state index < -0.39 is 5.97 Å². The number of rotatable bonds is 7. The highest BCUT2D eigenvalue weighted by molar-refractivity contribution is 5.66. The first-order valence-electron chi connectivity index (χ1n) is 6.46. The van der Waals surface area contributed by atoms with Crippen LogP contribution in [0.25, 0.3) is 11.4 Å². The van der Waals surface area contributed by atoms with Gasteiger partial charge in [-0.25, -0.2) is 0 Å². The zero-order valence-electron chi connectivity index (χ0n) is 11.2. The Morgan fingerprint density at radius 1 is 1.35 bits per heavy atom. The normalized spacial score (nSPS) is 10.4. The van der Waals surface area contributed by atoms with E-state index in [4.69, 9.17) is 14.4 Å². The summed E-state index contributed by atoms with van der Waals surface area (Å²) in [5, 5.41) is 12.5. The van der Waals surface area contributed by atoms with Gasteiger partial charge in [-0.3, -0.25) is 4.79 Å². The van der Waals surface area contributed by atoms with Crippen LogP contribution in [-0.4, -0.2) is 27.8 Å². The van der Waals surface area contributed by atoms with Crippen LogP contribution < -0.4 is 4.74 Å². The van der Waals surface area contributed by atoms with Gasteiger partial charge < -0.3 is 14.4 Å². The van der Waals surface area contributed by atoms with Gasteiger partial charge in [0.1, 0.15) is 5.75 Å². The fraction of sp³-hybridized carbons (Fsp3) is 0.357. The molecule has 0 radical (unpaired) electrons. The van der Waals surface area contributed by atoms with Crippen molar-refractivity contribution in [2.75, 3.05) is 6.61 Å². The van der Waals surface area contributed by atoms with Crippen LogP contribution in [0.1, 0.15) is 25.7 Å². The number of carboxylic acid groups (broad SMARTS) is 1. The van der Waals surface area contributed by atoms with E-state index in [1.807, 2.05) is 31.2 Å². The molecular formula is C14H16N2O4. The van der Waals surface area contributed by atoms with Crippen molar-refractivity contribution in [3.63, 3.8) is 0 Å². The summed E-state index contributed by atoms with van der Waals surface area (Å²) in [6, 6.07) is 7.41. The first-order valence-corrected chi connectivity index (χ1v) is 6.46. The molecule has 0 fully saturated rings. The summed E-state index contributed by atoms with van der Waals surface area (Å²) < 4.78 is 10.5. The van der Waals surface area contributed by atoms with Crippen LogP contribution >= 0.6 is 0 Å². The van der Waals surface area contributed by atoms with Crippen molar-refractivity contribution in [3.8, 4) is 17.1 Å². The molecular weight excluding hydrogens is 260 g/mol. The van der Waals surface area contributed by atoms with E-state index in [0.29, 0.717) is 31.2 Å². The molecule has 1 aromatic heterocycles. The average molecular weight is 276 g/mol. The number of aryl methyl sites for hydroxylation is 1. The molecule has 0 aliphatic heterocycles. The lowest BCUT2D eigenvalue weighted by atomic mass is 10.2. The Morgan fingerprint density at radius 3 is 2.75 bits per heavy atom. The lowest BCUT2D eigenvalue weighted by Gasteiger charge is -2.02. The van der Waals surface area contributed by atoms with E-state index in [-0.39, 0.29) is 6.42 Å². The third-order valence-electron chi connectivity index (χ3n) is 2.67. The second kappa shape index (κ2) is 6.70. The Bertz CT molecular complexity index is 563. The van der Waals surface area contributed by atoms with Crippen molar-refractivity contribution < 1.29 is 19.2 Å². The van der Waals surface area contributed by atoms with E-state index in [0.717, 1.165) is 11.3 Å². The Hall–Kier alpha value is -2.37. The fourth-order valence-corrected chi connectivity index (χ4v) is 1.73. The molecule has 0 saturated carbocycles. The maximum absolute atomic E-state index is 10.4. The topological polar surface area (TPSA) is 85.5 Å². The van der Waals surface area contributed by atoms with Crippen LogP contribution in [0.2, 0.25) is 0 Å². The molecule has 0 aliphatic carbocycles. The molecule has 106 valence electrons. The zero-order valence-corrected chi connectivity index (χ0v) is 11.2. The van der Waals surface area contributed by atoms with Gasteiger partial charge >= 0.3 is 5.97 Å². The second-order valence-electron chi connectivity index (χ2n) is 4.22. The number of ether oxygens (including phenoxy) is 1. The van der Waals surface area contributed by atoms with Crippen molar-refractivity contribution in [2.24, 2.45) is 0 Å². The van der Waals surface area contributed by atoms with Gasteiger partial charge in [0.15, 0.2) is 0 Å². The number of benzene rings is 1. The first kappa shape index (κ1) is 14.0. The molecule has 0 amide bonds. The van der Waals surface area contributed by atoms with Gasteiger partial charge in [0, 0.05) is 18.4 Å². The molecule has 0 saturated heterocycles. The summed E-state index contributed by atoms with van der Waals surface area (Å²) in [5.74, 6) is 0.922. The van der Waals surface area contributed by atoms with Crippen molar-refractivity contribution in [1.82, 2.24) is 10.1 Å². The van der Waals surface area contributed by atoms with E-state index in [2.05, 4.69) is 10.1 Å². The van der Waals surface area contributed by atoms with Crippen LogP contribution in [0.4, 0.5) is 0 Å². The van der Waals surface area contributed by atoms with Crippen molar-refractivity contribution >= 4 is 5.97 Å². The van der Waals surface area contributed by atoms with Gasteiger partial charge in [-0.1, -0.05) is 5.16 Å². The van der Waals surface area contributed by atoms with Gasteiger partial charge in [0.2, 0.25) is 11.7 Å². The smallest absolute Gasteiger partial charge is 0.303 e. The summed E-state index contributed by atoms with van der Waals surface area (Å²) in [4.78, 5) is 14.7. The largest absolute Gasteiger partial charge is 0.494 e. The highest BCUT2D eigenvalue weighted by Crippen LogP contribution is 2.20. The highest BCUT2D eigenvalue weighted by atomic mass is 16.5. The monoisotopic (exact) mass is 276 g/mol. The molecule has 0 aliphatic rings. The Labute approximate surface area is 116 Å². The quantitative estimate of drug-likeness (QED) is 0.836. The molecule has 1 aromatic carbocycles. The van der Waals surface area contributed by atoms with E-state index >= 15 is 0 Å². The van der Waals surface area contributed by atoms with Gasteiger partial charge in [-0.2, -0.15) is 4.98 Å². The number of hydrogen-bond acceptors (Lipinski definition) is 5. The Morgan fingerprint density at radius 2 is 2.10 bits per heavy atom. The van der Waals surface area contributed by atoms with Gasteiger partial charge in [-0.15, -0.1) is 0 Å². The SMILES string of the molecule is CCOc1ccc(-c2noc(CCCC(=O)O)n2)cc1. The summed E-state index contributed by atoms with van der Waals surface area (Å²) in [6.45, 7) is 2.55. The highest BCUT2D eigenvalue weighted by Gasteiger charge is 2.09. The zero-order chi connectivity index (χ0) is 14.4. The number of nitrogens with zero attached hydrogens (tertiary/aromatic N) is 2.